The van der Waals surface area contributed by atoms with E-state index in [9.17, 15) is 4.39 Å². The molecular weight excluding hydrogens is 343 g/mol. The van der Waals surface area contributed by atoms with Crippen LogP contribution in [-0.2, 0) is 0 Å². The van der Waals surface area contributed by atoms with Crippen molar-refractivity contribution in [3.63, 3.8) is 0 Å². The number of rotatable bonds is 6. The van der Waals surface area contributed by atoms with Gasteiger partial charge in [0.25, 0.3) is 0 Å². The maximum Gasteiger partial charge on any atom is 0.165 e. The molecule has 1 aliphatic carbocycles. The largest absolute Gasteiger partial charge is 0.494 e. The maximum atomic E-state index is 13.8. The highest BCUT2D eigenvalue weighted by Gasteiger charge is 2.29. The van der Waals surface area contributed by atoms with Crippen LogP contribution in [-0.4, -0.2) is 18.4 Å². The number of halogens is 1. The lowest BCUT2D eigenvalue weighted by molar-refractivity contribution is 0.386. The van der Waals surface area contributed by atoms with Gasteiger partial charge in [-0.3, -0.25) is 4.72 Å². The third-order valence-corrected chi connectivity index (χ3v) is 5.78. The summed E-state index contributed by atoms with van der Waals surface area (Å²) in [5, 5.41) is 11.2. The van der Waals surface area contributed by atoms with Crippen LogP contribution < -0.4 is 9.46 Å². The molecule has 0 aromatic heterocycles. The number of methoxy groups -OCH3 is 1. The predicted molar refractivity (Wildman–Crippen MR) is 97.4 cm³/mol. The molecule has 2 aromatic rings. The number of nitriles is 1. The highest BCUT2D eigenvalue weighted by Crippen LogP contribution is 2.33. The second kappa shape index (κ2) is 7.93. The van der Waals surface area contributed by atoms with Gasteiger partial charge < -0.3 is 4.74 Å². The van der Waals surface area contributed by atoms with Gasteiger partial charge in [0.05, 0.1) is 7.11 Å². The van der Waals surface area contributed by atoms with Gasteiger partial charge in [-0.2, -0.15) is 5.26 Å². The maximum absolute atomic E-state index is 13.8. The number of ether oxygens (including phenoxy) is 1. The monoisotopic (exact) mass is 360 g/mol. The molecule has 0 bridgehead atoms. The Morgan fingerprint density at radius 1 is 1.17 bits per heavy atom. The van der Waals surface area contributed by atoms with Crippen LogP contribution in [0.5, 0.6) is 5.75 Å². The molecule has 124 valence electrons. The third-order valence-electron chi connectivity index (χ3n) is 4.00. The van der Waals surface area contributed by atoms with Gasteiger partial charge in [0.1, 0.15) is 5.40 Å². The molecule has 24 heavy (non-hydrogen) atoms. The molecule has 0 spiro atoms. The first kappa shape index (κ1) is 17.2. The normalized spacial score (nSPS) is 19.4. The van der Waals surface area contributed by atoms with Gasteiger partial charge >= 0.3 is 0 Å². The van der Waals surface area contributed by atoms with E-state index in [1.165, 1.54) is 24.9 Å². The summed E-state index contributed by atoms with van der Waals surface area (Å²) in [5.41, 5.74) is 1.79. The molecule has 1 aliphatic rings. The van der Waals surface area contributed by atoms with Gasteiger partial charge in [-0.1, -0.05) is 18.2 Å². The van der Waals surface area contributed by atoms with E-state index in [1.54, 1.807) is 18.0 Å². The molecule has 6 heteroatoms. The van der Waals surface area contributed by atoms with Crippen molar-refractivity contribution in [2.75, 3.05) is 7.11 Å². The van der Waals surface area contributed by atoms with E-state index in [4.69, 9.17) is 10.00 Å². The minimum atomic E-state index is -0.357. The van der Waals surface area contributed by atoms with E-state index in [2.05, 4.69) is 10.1 Å². The number of thioether (sulfide) groups is 1. The summed E-state index contributed by atoms with van der Waals surface area (Å²) in [4.78, 5) is 1.11. The Balaban J connectivity index is 1.56. The summed E-state index contributed by atoms with van der Waals surface area (Å²) in [6.45, 7) is 0. The minimum Gasteiger partial charge on any atom is -0.494 e. The fourth-order valence-corrected chi connectivity index (χ4v) is 4.12. The predicted octanol–water partition coefficient (Wildman–Crippen LogP) is 4.84. The smallest absolute Gasteiger partial charge is 0.165 e. The Bertz CT molecular complexity index is 740. The first-order valence-corrected chi connectivity index (χ1v) is 9.30. The van der Waals surface area contributed by atoms with Crippen molar-refractivity contribution in [3.05, 3.63) is 48.3 Å². The van der Waals surface area contributed by atoms with Crippen LogP contribution in [0.15, 0.2) is 47.4 Å². The Morgan fingerprint density at radius 3 is 2.50 bits per heavy atom. The molecule has 3 nitrogen and oxygen atoms in total. The topological polar surface area (TPSA) is 45.0 Å². The van der Waals surface area contributed by atoms with Crippen LogP contribution in [0.3, 0.4) is 0 Å². The van der Waals surface area contributed by atoms with Crippen molar-refractivity contribution < 1.29 is 9.13 Å². The first-order valence-electron chi connectivity index (χ1n) is 7.60. The SMILES string of the molecule is COc1ccc(-c2ccc(SNC3CC(SC#N)C3)cc2)cc1F. The van der Waals surface area contributed by atoms with Crippen molar-refractivity contribution in [2.45, 2.75) is 29.0 Å². The van der Waals surface area contributed by atoms with Crippen molar-refractivity contribution in [3.8, 4) is 22.3 Å². The van der Waals surface area contributed by atoms with Crippen LogP contribution in [0.25, 0.3) is 11.1 Å². The molecule has 1 saturated carbocycles. The summed E-state index contributed by atoms with van der Waals surface area (Å²) in [6.07, 6.45) is 2.07. The number of benzene rings is 2. The van der Waals surface area contributed by atoms with E-state index in [-0.39, 0.29) is 11.6 Å². The van der Waals surface area contributed by atoms with Crippen LogP contribution in [0.1, 0.15) is 12.8 Å². The Hall–Kier alpha value is -1.68. The van der Waals surface area contributed by atoms with Crippen LogP contribution in [0.2, 0.25) is 0 Å². The summed E-state index contributed by atoms with van der Waals surface area (Å²) in [7, 11) is 1.46. The molecule has 0 amide bonds. The molecule has 2 aromatic carbocycles. The lowest BCUT2D eigenvalue weighted by Gasteiger charge is -2.33. The van der Waals surface area contributed by atoms with Crippen molar-refractivity contribution >= 4 is 23.7 Å². The molecule has 3 rings (SSSR count). The van der Waals surface area contributed by atoms with Crippen LogP contribution in [0, 0.1) is 16.5 Å². The zero-order chi connectivity index (χ0) is 16.9. The highest BCUT2D eigenvalue weighted by atomic mass is 32.2. The van der Waals surface area contributed by atoms with Crippen LogP contribution in [0.4, 0.5) is 4.39 Å². The van der Waals surface area contributed by atoms with Gasteiger partial charge in [0, 0.05) is 16.2 Å². The zero-order valence-electron chi connectivity index (χ0n) is 13.2. The summed E-state index contributed by atoms with van der Waals surface area (Å²) in [5.74, 6) is -0.103. The molecule has 0 aliphatic heterocycles. The molecule has 1 fully saturated rings. The summed E-state index contributed by atoms with van der Waals surface area (Å²) >= 11 is 2.96. The van der Waals surface area contributed by atoms with E-state index >= 15 is 0 Å². The Morgan fingerprint density at radius 2 is 1.88 bits per heavy atom. The van der Waals surface area contributed by atoms with Gasteiger partial charge in [-0.15, -0.1) is 0 Å². The lowest BCUT2D eigenvalue weighted by atomic mass is 9.93. The molecule has 1 N–H and O–H groups in total. The quantitative estimate of drug-likeness (QED) is 0.590. The minimum absolute atomic E-state index is 0.253. The molecular formula is C18H17FN2OS2. The van der Waals surface area contributed by atoms with Gasteiger partial charge in [-0.25, -0.2) is 4.39 Å². The average molecular weight is 360 g/mol. The fraction of sp³-hybridized carbons (Fsp3) is 0.278. The van der Waals surface area contributed by atoms with Gasteiger partial charge in [0.2, 0.25) is 0 Å². The van der Waals surface area contributed by atoms with E-state index < -0.39 is 0 Å². The molecule has 0 unspecified atom stereocenters. The van der Waals surface area contributed by atoms with Gasteiger partial charge in [-0.05, 0) is 71.9 Å². The fourth-order valence-electron chi connectivity index (χ4n) is 2.55. The van der Waals surface area contributed by atoms with E-state index in [0.29, 0.717) is 11.3 Å². The molecule has 0 saturated heterocycles. The summed E-state index contributed by atoms with van der Waals surface area (Å²) < 4.78 is 22.2. The van der Waals surface area contributed by atoms with Crippen molar-refractivity contribution in [2.24, 2.45) is 0 Å². The second-order valence-electron chi connectivity index (χ2n) is 5.59. The number of thiocyanates is 1. The first-order chi connectivity index (χ1) is 11.7. The number of hydrogen-bond donors (Lipinski definition) is 1. The summed E-state index contributed by atoms with van der Waals surface area (Å²) in [6, 6.07) is 13.5. The van der Waals surface area contributed by atoms with Gasteiger partial charge in [0.15, 0.2) is 11.6 Å². The van der Waals surface area contributed by atoms with Crippen LogP contribution >= 0.6 is 23.7 Å². The van der Waals surface area contributed by atoms with Crippen molar-refractivity contribution in [1.82, 2.24) is 4.72 Å². The van der Waals surface area contributed by atoms with E-state index in [1.807, 2.05) is 30.3 Å². The second-order valence-corrected chi connectivity index (χ2v) is 7.59. The average Bonchev–Trinajstić information content (AvgIpc) is 2.57. The number of nitrogens with one attached hydrogen (secondary N) is 1. The number of nitrogens with zero attached hydrogens (tertiary/aromatic N) is 1. The third kappa shape index (κ3) is 4.04. The standard InChI is InChI=1S/C18H17FN2OS2/c1-22-18-7-4-13(8-17(18)19)12-2-5-15(6-3-12)24-21-14-9-16(10-14)23-11-20/h2-8,14,16,21H,9-10H2,1H3. The Kier molecular flexibility index (Phi) is 5.67. The number of hydrogen-bond acceptors (Lipinski definition) is 5. The molecule has 0 heterocycles. The zero-order valence-corrected chi connectivity index (χ0v) is 14.8. The Labute approximate surface area is 149 Å². The lowest BCUT2D eigenvalue weighted by Crippen LogP contribution is -2.39. The van der Waals surface area contributed by atoms with Crippen molar-refractivity contribution in [1.29, 1.82) is 5.26 Å². The van der Waals surface area contributed by atoms with E-state index in [0.717, 1.165) is 28.9 Å². The highest BCUT2D eigenvalue weighted by molar-refractivity contribution is 8.04. The molecule has 0 atom stereocenters. The molecule has 0 radical (unpaired) electrons.